The van der Waals surface area contributed by atoms with Crippen LogP contribution in [0.1, 0.15) is 20.8 Å². The van der Waals surface area contributed by atoms with Gasteiger partial charge >= 0.3 is 6.03 Å². The fourth-order valence-electron chi connectivity index (χ4n) is 1.56. The molecule has 0 saturated carbocycles. The minimum absolute atomic E-state index is 0.0889. The average Bonchev–Trinajstić information content (AvgIpc) is 2.15. The van der Waals surface area contributed by atoms with Gasteiger partial charge < -0.3 is 15.5 Å². The highest BCUT2D eigenvalue weighted by Gasteiger charge is 2.33. The van der Waals surface area contributed by atoms with Crippen molar-refractivity contribution in [1.29, 1.82) is 0 Å². The van der Waals surface area contributed by atoms with Gasteiger partial charge in [-0.1, -0.05) is 0 Å². The topological polar surface area (TPSA) is 49.6 Å². The van der Waals surface area contributed by atoms with Crippen LogP contribution >= 0.6 is 0 Å². The Kier molecular flexibility index (Phi) is 2.52. The van der Waals surface area contributed by atoms with Crippen LogP contribution in [0.4, 0.5) is 4.79 Å². The monoisotopic (exact) mass is 185 g/mol. The van der Waals surface area contributed by atoms with Gasteiger partial charge in [0.2, 0.25) is 0 Å². The van der Waals surface area contributed by atoms with Gasteiger partial charge in [0.15, 0.2) is 0 Å². The van der Waals surface area contributed by atoms with Crippen molar-refractivity contribution < 1.29 is 4.79 Å². The summed E-state index contributed by atoms with van der Waals surface area (Å²) in [5, 5.41) is 0. The smallest absolute Gasteiger partial charge is 0.320 e. The summed E-state index contributed by atoms with van der Waals surface area (Å²) >= 11 is 0. The van der Waals surface area contributed by atoms with Crippen molar-refractivity contribution in [2.45, 2.75) is 32.4 Å². The molecule has 1 atom stereocenters. The molecule has 13 heavy (non-hydrogen) atoms. The van der Waals surface area contributed by atoms with E-state index in [1.54, 1.807) is 4.90 Å². The highest BCUT2D eigenvalue weighted by molar-refractivity contribution is 5.76. The van der Waals surface area contributed by atoms with Crippen LogP contribution in [-0.2, 0) is 0 Å². The fraction of sp³-hybridized carbons (Fsp3) is 0.889. The summed E-state index contributed by atoms with van der Waals surface area (Å²) in [6, 6.07) is 0.390. The van der Waals surface area contributed by atoms with Crippen molar-refractivity contribution in [3.63, 3.8) is 0 Å². The molecule has 2 N–H and O–H groups in total. The van der Waals surface area contributed by atoms with E-state index in [1.165, 1.54) is 0 Å². The zero-order valence-electron chi connectivity index (χ0n) is 8.87. The fourth-order valence-corrected chi connectivity index (χ4v) is 1.56. The highest BCUT2D eigenvalue weighted by Crippen LogP contribution is 2.15. The average molecular weight is 185 g/mol. The van der Waals surface area contributed by atoms with Crippen molar-refractivity contribution in [3.05, 3.63) is 0 Å². The predicted octanol–water partition coefficient (Wildman–Crippen LogP) is 0.480. The lowest BCUT2D eigenvalue weighted by atomic mass is 10.1. The van der Waals surface area contributed by atoms with Crippen LogP contribution in [0.2, 0.25) is 0 Å². The third-order valence-corrected chi connectivity index (χ3v) is 2.32. The van der Waals surface area contributed by atoms with Gasteiger partial charge in [0.05, 0.1) is 0 Å². The largest absolute Gasteiger partial charge is 0.324 e. The Balaban J connectivity index is 2.59. The maximum absolute atomic E-state index is 11.6. The Labute approximate surface area is 79.7 Å². The second-order valence-electron chi connectivity index (χ2n) is 4.61. The molecule has 76 valence electrons. The van der Waals surface area contributed by atoms with Gasteiger partial charge in [-0.2, -0.15) is 0 Å². The maximum Gasteiger partial charge on any atom is 0.320 e. The van der Waals surface area contributed by atoms with Crippen LogP contribution in [0.25, 0.3) is 0 Å². The lowest BCUT2D eigenvalue weighted by Crippen LogP contribution is -2.46. The molecule has 2 amide bonds. The molecule has 0 aromatic carbocycles. The summed E-state index contributed by atoms with van der Waals surface area (Å²) in [7, 11) is 1.83. The summed E-state index contributed by atoms with van der Waals surface area (Å²) in [5.41, 5.74) is 5.55. The van der Waals surface area contributed by atoms with Crippen molar-refractivity contribution in [2.24, 2.45) is 5.73 Å². The SMILES string of the molecule is CC1CN(CC(C)(C)N)C(=O)N1C. The number of hydrogen-bond donors (Lipinski definition) is 1. The van der Waals surface area contributed by atoms with E-state index in [-0.39, 0.29) is 11.6 Å². The molecule has 4 nitrogen and oxygen atoms in total. The van der Waals surface area contributed by atoms with Gasteiger partial charge in [0.1, 0.15) is 0 Å². The van der Waals surface area contributed by atoms with Crippen LogP contribution in [0.5, 0.6) is 0 Å². The molecule has 0 aliphatic carbocycles. The number of nitrogens with zero attached hydrogens (tertiary/aromatic N) is 2. The molecule has 4 heteroatoms. The van der Waals surface area contributed by atoms with E-state index in [2.05, 4.69) is 0 Å². The summed E-state index contributed by atoms with van der Waals surface area (Å²) in [6.45, 7) is 7.32. The molecule has 1 heterocycles. The van der Waals surface area contributed by atoms with Crippen LogP contribution in [0.15, 0.2) is 0 Å². The van der Waals surface area contributed by atoms with Crippen LogP contribution in [-0.4, -0.2) is 47.5 Å². The minimum Gasteiger partial charge on any atom is -0.324 e. The van der Waals surface area contributed by atoms with Gasteiger partial charge in [-0.25, -0.2) is 4.79 Å². The summed E-state index contributed by atoms with van der Waals surface area (Å²) < 4.78 is 0. The second-order valence-corrected chi connectivity index (χ2v) is 4.61. The molecule has 1 saturated heterocycles. The number of likely N-dealkylation sites (N-methyl/N-ethyl adjacent to an activating group) is 1. The molecule has 1 aliphatic rings. The predicted molar refractivity (Wildman–Crippen MR) is 52.5 cm³/mol. The van der Waals surface area contributed by atoms with E-state index < -0.39 is 0 Å². The first-order valence-corrected chi connectivity index (χ1v) is 4.62. The Morgan fingerprint density at radius 2 is 2.15 bits per heavy atom. The molecule has 1 fully saturated rings. The summed E-state index contributed by atoms with van der Waals surface area (Å²) in [5.74, 6) is 0. The van der Waals surface area contributed by atoms with Gasteiger partial charge in [0, 0.05) is 31.7 Å². The van der Waals surface area contributed by atoms with Crippen LogP contribution < -0.4 is 5.73 Å². The van der Waals surface area contributed by atoms with Gasteiger partial charge in [-0.3, -0.25) is 0 Å². The van der Waals surface area contributed by atoms with Gasteiger partial charge in [-0.05, 0) is 20.8 Å². The van der Waals surface area contributed by atoms with Crippen molar-refractivity contribution >= 4 is 6.03 Å². The van der Waals surface area contributed by atoms with E-state index in [0.717, 1.165) is 6.54 Å². The van der Waals surface area contributed by atoms with E-state index >= 15 is 0 Å². The Bertz CT molecular complexity index is 209. The van der Waals surface area contributed by atoms with Gasteiger partial charge in [-0.15, -0.1) is 0 Å². The molecule has 0 bridgehead atoms. The van der Waals surface area contributed by atoms with Gasteiger partial charge in [0.25, 0.3) is 0 Å². The summed E-state index contributed by atoms with van der Waals surface area (Å²) in [4.78, 5) is 15.2. The molecule has 1 aliphatic heterocycles. The van der Waals surface area contributed by atoms with E-state index in [1.807, 2.05) is 32.7 Å². The summed E-state index contributed by atoms with van der Waals surface area (Å²) in [6.07, 6.45) is 0. The van der Waals surface area contributed by atoms with E-state index in [0.29, 0.717) is 12.6 Å². The Morgan fingerprint density at radius 1 is 1.62 bits per heavy atom. The molecule has 0 aromatic rings. The molecular weight excluding hydrogens is 166 g/mol. The lowest BCUT2D eigenvalue weighted by Gasteiger charge is -2.25. The second kappa shape index (κ2) is 3.18. The molecule has 0 radical (unpaired) electrons. The highest BCUT2D eigenvalue weighted by atomic mass is 16.2. The molecular formula is C9H19N3O. The number of carbonyl (C=O) groups is 1. The maximum atomic E-state index is 11.6. The molecule has 0 aromatic heterocycles. The molecule has 0 spiro atoms. The number of rotatable bonds is 2. The number of amides is 2. The zero-order chi connectivity index (χ0) is 10.2. The quantitative estimate of drug-likeness (QED) is 0.680. The Hall–Kier alpha value is -0.770. The minimum atomic E-state index is -0.305. The first kappa shape index (κ1) is 10.3. The Morgan fingerprint density at radius 3 is 2.46 bits per heavy atom. The lowest BCUT2D eigenvalue weighted by molar-refractivity contribution is 0.189. The normalized spacial score (nSPS) is 24.4. The standard InChI is InChI=1S/C9H19N3O/c1-7-5-12(6-9(2,3)10)8(13)11(7)4/h7H,5-6,10H2,1-4H3. The number of carbonyl (C=O) groups excluding carboxylic acids is 1. The zero-order valence-corrected chi connectivity index (χ0v) is 8.87. The molecule has 1 rings (SSSR count). The number of urea groups is 1. The number of hydrogen-bond acceptors (Lipinski definition) is 2. The third-order valence-electron chi connectivity index (χ3n) is 2.32. The molecule has 1 unspecified atom stereocenters. The number of nitrogens with two attached hydrogens (primary N) is 1. The first-order valence-electron chi connectivity index (χ1n) is 4.62. The van der Waals surface area contributed by atoms with Crippen LogP contribution in [0, 0.1) is 0 Å². The van der Waals surface area contributed by atoms with Crippen LogP contribution in [0.3, 0.4) is 0 Å². The third kappa shape index (κ3) is 2.34. The van der Waals surface area contributed by atoms with E-state index in [9.17, 15) is 4.79 Å². The van der Waals surface area contributed by atoms with Crippen molar-refractivity contribution in [2.75, 3.05) is 20.1 Å². The van der Waals surface area contributed by atoms with Crippen molar-refractivity contribution in [3.8, 4) is 0 Å². The first-order chi connectivity index (χ1) is 5.81. The van der Waals surface area contributed by atoms with E-state index in [4.69, 9.17) is 5.73 Å². The van der Waals surface area contributed by atoms with Crippen molar-refractivity contribution in [1.82, 2.24) is 9.80 Å².